The van der Waals surface area contributed by atoms with Crippen LogP contribution in [-0.2, 0) is 54.8 Å². The molecule has 3 amide bonds. The molecule has 0 saturated heterocycles. The summed E-state index contributed by atoms with van der Waals surface area (Å²) in [6.07, 6.45) is 5.02. The van der Waals surface area contributed by atoms with E-state index >= 15 is 0 Å². The number of hydrogen-bond acceptors (Lipinski definition) is 12. The Morgan fingerprint density at radius 3 is 1.94 bits per heavy atom. The van der Waals surface area contributed by atoms with E-state index in [1.807, 2.05) is 97.2 Å². The Bertz CT molecular complexity index is 3480. The van der Waals surface area contributed by atoms with Gasteiger partial charge in [0, 0.05) is 63.6 Å². The zero-order valence-corrected chi connectivity index (χ0v) is 45.0. The van der Waals surface area contributed by atoms with Crippen molar-refractivity contribution in [1.29, 1.82) is 0 Å². The van der Waals surface area contributed by atoms with Crippen LogP contribution in [0.4, 0.5) is 10.7 Å². The summed E-state index contributed by atoms with van der Waals surface area (Å²) >= 11 is 0. The molecule has 0 aliphatic carbocycles. The molecule has 0 bridgehead atoms. The molecule has 6 aromatic carbocycles. The number of carbonyl (C=O) groups excluding carboxylic acids is 4. The molecule has 0 radical (unpaired) electrons. The van der Waals surface area contributed by atoms with Crippen molar-refractivity contribution in [2.45, 2.75) is 56.3 Å². The quantitative estimate of drug-likeness (QED) is 0.0229. The Balaban J connectivity index is 0.872. The average Bonchev–Trinajstić information content (AvgIpc) is 4.21. The first-order chi connectivity index (χ1) is 38.2. The molecule has 18 nitrogen and oxygen atoms in total. The molecule has 0 spiro atoms. The Hall–Kier alpha value is -9.07. The van der Waals surface area contributed by atoms with Gasteiger partial charge in [-0.1, -0.05) is 127 Å². The number of hydrogen-bond donors (Lipinski definition) is 5. The number of anilines is 1. The number of aryl methyl sites for hydroxylation is 3. The topological polar surface area (TPSA) is 230 Å². The lowest BCUT2D eigenvalue weighted by Gasteiger charge is -2.38. The molecule has 19 heteroatoms. The fourth-order valence-electron chi connectivity index (χ4n) is 9.56. The van der Waals surface area contributed by atoms with Crippen molar-refractivity contribution < 1.29 is 41.8 Å². The number of ether oxygens (including phenoxy) is 3. The number of alkyl carbamates (subject to hydrolysis) is 1. The van der Waals surface area contributed by atoms with Gasteiger partial charge in [0.2, 0.25) is 27.3 Å². The molecule has 0 fully saturated rings. The number of nitrogens with zero attached hydrogens (tertiary/aromatic N) is 3. The van der Waals surface area contributed by atoms with Crippen molar-refractivity contribution in [3.63, 3.8) is 0 Å². The fraction of sp³-hybridized carbons (Fsp3) is 0.233. The van der Waals surface area contributed by atoms with Crippen LogP contribution in [0.15, 0.2) is 180 Å². The number of benzene rings is 6. The highest BCUT2D eigenvalue weighted by atomic mass is 32.2. The van der Waals surface area contributed by atoms with Crippen LogP contribution in [0, 0.1) is 13.8 Å². The number of rotatable bonds is 24. The third-order valence-corrected chi connectivity index (χ3v) is 15.0. The highest BCUT2D eigenvalue weighted by Gasteiger charge is 2.40. The first-order valence-corrected chi connectivity index (χ1v) is 27.1. The van der Waals surface area contributed by atoms with E-state index in [9.17, 15) is 32.4 Å². The lowest BCUT2D eigenvalue weighted by molar-refractivity contribution is -0.142. The average molecular weight is 1090 g/mol. The van der Waals surface area contributed by atoms with Crippen LogP contribution in [0.2, 0.25) is 0 Å². The van der Waals surface area contributed by atoms with Crippen molar-refractivity contribution in [3.05, 3.63) is 225 Å². The van der Waals surface area contributed by atoms with Crippen molar-refractivity contribution in [3.8, 4) is 5.75 Å². The standard InChI is InChI=1S/C60H62N8O10S/c1-41-34-48(77-33-17-26-53(69)61-29-30-63-59(73)78-40-43-18-9-5-10-19-43)35-42(2)55(41)79(74,75)66-51(57(72)76-4)38-64-56(71)50-39-67(3)52-36-44(27-28-49(52)54(50)70)37-65-58-62-31-32-68(58)60(45-20-11-6-12-21-45,46-22-13-7-14-23-46)47-24-15-8-16-25-47/h5-16,18-25,27-28,31-32,34-36,39,51,66H,17,26,29-30,33,37-38,40H2,1-4H3,(H,61,69)(H,62,65)(H,63,73)(H,64,71)/t51-/m0/s1. The summed E-state index contributed by atoms with van der Waals surface area (Å²) in [5.74, 6) is -1.07. The highest BCUT2D eigenvalue weighted by molar-refractivity contribution is 7.89. The van der Waals surface area contributed by atoms with E-state index in [1.54, 1.807) is 43.8 Å². The second-order valence-electron chi connectivity index (χ2n) is 18.7. The molecule has 8 rings (SSSR count). The number of pyridine rings is 1. The number of fused-ring (bicyclic) bond motifs is 1. The third kappa shape index (κ3) is 13.4. The van der Waals surface area contributed by atoms with Gasteiger partial charge >= 0.3 is 12.1 Å². The fourth-order valence-corrected chi connectivity index (χ4v) is 11.2. The van der Waals surface area contributed by atoms with Gasteiger partial charge < -0.3 is 40.0 Å². The van der Waals surface area contributed by atoms with Gasteiger partial charge in [-0.15, -0.1) is 0 Å². The summed E-state index contributed by atoms with van der Waals surface area (Å²) in [5, 5.41) is 11.7. The van der Waals surface area contributed by atoms with Gasteiger partial charge in [0.25, 0.3) is 5.91 Å². The number of carbonyl (C=O) groups is 4. The minimum atomic E-state index is -4.41. The molecule has 1 atom stereocenters. The number of amides is 3. The minimum absolute atomic E-state index is 0.111. The van der Waals surface area contributed by atoms with E-state index < -0.39 is 51.5 Å². The molecular formula is C60H62N8O10S. The van der Waals surface area contributed by atoms with Gasteiger partial charge in [0.15, 0.2) is 0 Å². The second-order valence-corrected chi connectivity index (χ2v) is 20.4. The van der Waals surface area contributed by atoms with E-state index in [1.165, 1.54) is 18.3 Å². The van der Waals surface area contributed by atoms with Crippen LogP contribution >= 0.6 is 0 Å². The van der Waals surface area contributed by atoms with Crippen molar-refractivity contribution in [2.75, 3.05) is 38.7 Å². The normalized spacial score (nSPS) is 11.8. The monoisotopic (exact) mass is 1090 g/mol. The van der Waals surface area contributed by atoms with Crippen LogP contribution in [0.1, 0.15) is 62.1 Å². The molecule has 0 unspecified atom stereocenters. The van der Waals surface area contributed by atoms with E-state index in [2.05, 4.69) is 67.0 Å². The summed E-state index contributed by atoms with van der Waals surface area (Å²) in [5.41, 5.74) is 4.39. The first-order valence-electron chi connectivity index (χ1n) is 25.6. The molecule has 408 valence electrons. The van der Waals surface area contributed by atoms with E-state index in [0.29, 0.717) is 41.3 Å². The summed E-state index contributed by atoms with van der Waals surface area (Å²) < 4.78 is 49.9. The van der Waals surface area contributed by atoms with Crippen LogP contribution in [0.3, 0.4) is 0 Å². The van der Waals surface area contributed by atoms with Crippen LogP contribution in [0.25, 0.3) is 10.9 Å². The predicted molar refractivity (Wildman–Crippen MR) is 300 cm³/mol. The zero-order valence-electron chi connectivity index (χ0n) is 44.2. The van der Waals surface area contributed by atoms with Crippen molar-refractivity contribution in [1.82, 2.24) is 34.8 Å². The van der Waals surface area contributed by atoms with Gasteiger partial charge in [-0.25, -0.2) is 18.2 Å². The van der Waals surface area contributed by atoms with Gasteiger partial charge in [0.1, 0.15) is 29.5 Å². The minimum Gasteiger partial charge on any atom is -0.494 e. The van der Waals surface area contributed by atoms with Gasteiger partial charge in [-0.05, 0) is 83.5 Å². The largest absolute Gasteiger partial charge is 0.494 e. The molecule has 2 aromatic heterocycles. The number of methoxy groups -OCH3 is 1. The highest BCUT2D eigenvalue weighted by Crippen LogP contribution is 2.42. The Labute approximate surface area is 458 Å². The molecule has 79 heavy (non-hydrogen) atoms. The lowest BCUT2D eigenvalue weighted by atomic mass is 9.76. The third-order valence-electron chi connectivity index (χ3n) is 13.2. The maximum atomic E-state index is 14.0. The number of nitrogens with one attached hydrogen (secondary N) is 5. The first kappa shape index (κ1) is 56.1. The van der Waals surface area contributed by atoms with Gasteiger partial charge in [-0.3, -0.25) is 23.7 Å². The van der Waals surface area contributed by atoms with Crippen molar-refractivity contribution >= 4 is 50.8 Å². The Kier molecular flexibility index (Phi) is 18.4. The maximum Gasteiger partial charge on any atom is 0.407 e. The molecule has 2 heterocycles. The number of esters is 1. The second kappa shape index (κ2) is 25.8. The van der Waals surface area contributed by atoms with Crippen LogP contribution < -0.4 is 36.2 Å². The Morgan fingerprint density at radius 2 is 1.33 bits per heavy atom. The molecular weight excluding hydrogens is 1020 g/mol. The molecule has 0 saturated carbocycles. The molecule has 0 aliphatic rings. The smallest absolute Gasteiger partial charge is 0.407 e. The number of sulfonamides is 1. The SMILES string of the molecule is COC(=O)[C@H](CNC(=O)c1cn(C)c2cc(CNc3nccn3C(c3ccccc3)(c3ccccc3)c3ccccc3)ccc2c1=O)NS(=O)(=O)c1c(C)cc(OCCCC(=O)NCCNC(=O)OCc2ccccc2)cc1C. The van der Waals surface area contributed by atoms with Gasteiger partial charge in [-0.2, -0.15) is 4.72 Å². The zero-order chi connectivity index (χ0) is 55.9. The van der Waals surface area contributed by atoms with E-state index in [-0.39, 0.29) is 54.5 Å². The number of imidazole rings is 1. The summed E-state index contributed by atoms with van der Waals surface area (Å²) in [7, 11) is -1.61. The summed E-state index contributed by atoms with van der Waals surface area (Å²) in [4.78, 5) is 69.7. The maximum absolute atomic E-state index is 14.0. The molecule has 0 aliphatic heterocycles. The molecule has 8 aromatic rings. The van der Waals surface area contributed by atoms with E-state index in [0.717, 1.165) is 34.9 Å². The van der Waals surface area contributed by atoms with E-state index in [4.69, 9.17) is 19.2 Å². The number of aromatic nitrogens is 3. The predicted octanol–water partition coefficient (Wildman–Crippen LogP) is 7.26. The summed E-state index contributed by atoms with van der Waals surface area (Å²) in [6, 6.07) is 46.8. The lowest BCUT2D eigenvalue weighted by Crippen LogP contribution is -2.49. The van der Waals surface area contributed by atoms with Crippen LogP contribution in [-0.4, -0.2) is 85.8 Å². The van der Waals surface area contributed by atoms with Crippen molar-refractivity contribution in [2.24, 2.45) is 7.05 Å². The summed E-state index contributed by atoms with van der Waals surface area (Å²) in [6.45, 7) is 3.60. The van der Waals surface area contributed by atoms with Crippen LogP contribution in [0.5, 0.6) is 5.75 Å². The Morgan fingerprint density at radius 1 is 0.734 bits per heavy atom. The van der Waals surface area contributed by atoms with Gasteiger partial charge in [0.05, 0.1) is 24.1 Å². The molecule has 5 N–H and O–H groups in total.